The fraction of sp³-hybridized carbons (Fsp3) is 0.308. The van der Waals surface area contributed by atoms with Gasteiger partial charge in [-0.05, 0) is 155 Å². The van der Waals surface area contributed by atoms with Gasteiger partial charge in [-0.2, -0.15) is 15.0 Å². The van der Waals surface area contributed by atoms with Crippen molar-refractivity contribution in [1.82, 2.24) is 73.3 Å². The molecule has 3 aliphatic heterocycles. The first-order valence-electron chi connectivity index (χ1n) is 41.1. The molecule has 4 atom stereocenters. The molecule has 39 heteroatoms. The Labute approximate surface area is 790 Å². The minimum Gasteiger partial charge on any atom is -0.398 e. The molecule has 0 spiro atoms. The van der Waals surface area contributed by atoms with Crippen LogP contribution in [0.25, 0.3) is 83.9 Å². The Kier molecular flexibility index (Phi) is 29.7. The van der Waals surface area contributed by atoms with Crippen LogP contribution in [0.2, 0.25) is 30.1 Å². The summed E-state index contributed by atoms with van der Waals surface area (Å²) >= 11 is 43.2. The summed E-state index contributed by atoms with van der Waals surface area (Å²) in [6.07, 6.45) is 14.7. The highest BCUT2D eigenvalue weighted by Crippen LogP contribution is 2.46. The number of amides is 3. The average Bonchev–Trinajstić information content (AvgIpc) is 0.738. The third kappa shape index (κ3) is 18.5. The van der Waals surface area contributed by atoms with E-state index in [1.165, 1.54) is 104 Å². The van der Waals surface area contributed by atoms with Gasteiger partial charge in [0.25, 0.3) is 0 Å². The van der Waals surface area contributed by atoms with E-state index in [1.54, 1.807) is 51.5 Å². The zero-order valence-corrected chi connectivity index (χ0v) is 80.1. The molecule has 27 nitrogen and oxygen atoms in total. The van der Waals surface area contributed by atoms with Gasteiger partial charge in [0.15, 0.2) is 34.4 Å². The maximum atomic E-state index is 15.5. The molecule has 3 aromatic carbocycles. The zero-order valence-electron chi connectivity index (χ0n) is 73.1. The highest BCUT2D eigenvalue weighted by molar-refractivity contribution is 7.99. The van der Waals surface area contributed by atoms with Gasteiger partial charge in [0.1, 0.15) is 17.5 Å². The summed E-state index contributed by atoms with van der Waals surface area (Å²) in [5.41, 5.74) is 21.2. The maximum Gasteiger partial charge on any atom is 0.355 e. The minimum atomic E-state index is -0.775. The summed E-state index contributed by atoms with van der Waals surface area (Å²) in [7, 11) is 0. The number of piperazine rings is 3. The number of halogens is 9. The molecule has 0 unspecified atom stereocenters. The summed E-state index contributed by atoms with van der Waals surface area (Å²) in [4.78, 5) is 135. The average molecular weight is 1940 g/mol. The van der Waals surface area contributed by atoms with Crippen molar-refractivity contribution in [2.75, 3.05) is 103 Å². The van der Waals surface area contributed by atoms with E-state index < -0.39 is 34.5 Å². The molecule has 130 heavy (non-hydrogen) atoms. The van der Waals surface area contributed by atoms with Gasteiger partial charge in [-0.25, -0.2) is 56.2 Å². The van der Waals surface area contributed by atoms with Gasteiger partial charge in [-0.3, -0.25) is 29.3 Å². The number of nitrogen functional groups attached to an aromatic ring is 3. The van der Waals surface area contributed by atoms with Gasteiger partial charge in [-0.15, -0.1) is 35.3 Å². The fourth-order valence-corrected chi connectivity index (χ4v) is 19.3. The van der Waals surface area contributed by atoms with Crippen LogP contribution in [-0.4, -0.2) is 186 Å². The van der Waals surface area contributed by atoms with E-state index in [4.69, 9.17) is 102 Å². The van der Waals surface area contributed by atoms with Gasteiger partial charge >= 0.3 is 17.1 Å². The van der Waals surface area contributed by atoms with Crippen LogP contribution in [0, 0.1) is 17.5 Å². The standard InChI is InChI=1S/C31H32Cl2FN7O2S.2C30H30Cl2FN7O2S/c1-7-23(42)39-13-17(5)40(14-16(39)4)29-18-12-20(33)27(24-21(35)9-8-19(32)25(24)34)37-30(18)41(31(43)38-29)28-22(44-6)10-11-36-26(28)15(2)3;2*1-6-22(41)38-11-12-39(16(4)14-38)28-17-13-19(32)26(23-20(34)8-7-18(31)24(23)33)36-29(17)40(30(42)37-28)27-21(43-5)9-10-35-25(27)15(2)3/h7-12,15-17H,1,13-14,35H2,2-6H3;2*6-10,13,15-16H,1,11-12,14,34H2,2-5H3/t16-,17+;2*16-/m100/s1. The van der Waals surface area contributed by atoms with Gasteiger partial charge in [0.05, 0.1) is 114 Å². The van der Waals surface area contributed by atoms with Crippen LogP contribution in [0.15, 0.2) is 158 Å². The SMILES string of the molecule is C=CC(=O)N1CCN(c2nc(=O)n(-c3c(SC)ccnc3C(C)C)c3nc(-c4c(N)ccc(Cl)c4F)c(Cl)cc23)[C@@H](C)C1.C=CC(=O)N1CCN(c2nc(=O)n(-c3c(SC)ccnc3C(C)C)c3nc(-c4c(N)ccc(Cl)c4F)c(Cl)cc23)[C@@H](C)C1.C=CC(=O)N1C[C@H](C)N(c2nc(=O)n(-c3c(SC)ccnc3C(C)C)c3nc(-c4c(N)ccc(Cl)c4F)c(Cl)cc23)C[C@H]1C. The molecule has 3 amide bonds. The second-order valence-electron chi connectivity index (χ2n) is 32.0. The van der Waals surface area contributed by atoms with Crippen molar-refractivity contribution in [3.63, 3.8) is 0 Å². The first kappa shape index (κ1) is 96.5. The van der Waals surface area contributed by atoms with E-state index in [2.05, 4.69) is 49.6 Å². The van der Waals surface area contributed by atoms with E-state index >= 15 is 13.2 Å². The van der Waals surface area contributed by atoms with Crippen molar-refractivity contribution >= 4 is 190 Å². The Balaban J connectivity index is 0.000000166. The number of nitrogens with two attached hydrogens (primary N) is 3. The van der Waals surface area contributed by atoms with Gasteiger partial charge in [-0.1, -0.05) is 131 Å². The third-order valence-electron chi connectivity index (χ3n) is 22.7. The number of anilines is 6. The molecule has 9 aromatic heterocycles. The first-order valence-corrected chi connectivity index (χ1v) is 47.1. The molecule has 678 valence electrons. The van der Waals surface area contributed by atoms with Gasteiger partial charge in [0, 0.05) is 127 Å². The number of hydrogen-bond donors (Lipinski definition) is 3. The molecular formula is C91H92Cl6F3N21O6S3. The highest BCUT2D eigenvalue weighted by Gasteiger charge is 2.38. The van der Waals surface area contributed by atoms with E-state index in [0.29, 0.717) is 120 Å². The van der Waals surface area contributed by atoms with Crippen molar-refractivity contribution in [2.45, 2.75) is 126 Å². The summed E-state index contributed by atoms with van der Waals surface area (Å²) < 4.78 is 50.5. The number of carbonyl (C=O) groups excluding carboxylic acids is 3. The molecule has 12 aromatic rings. The molecule has 6 N–H and O–H groups in total. The number of thioether (sulfide) groups is 3. The van der Waals surface area contributed by atoms with Crippen molar-refractivity contribution in [3.05, 3.63) is 225 Å². The normalized spacial score (nSPS) is 15.9. The molecule has 15 rings (SSSR count). The highest BCUT2D eigenvalue weighted by atomic mass is 35.5. The zero-order chi connectivity index (χ0) is 94.4. The Bertz CT molecular complexity index is 6530. The summed E-state index contributed by atoms with van der Waals surface area (Å²) in [6.45, 7) is 33.6. The number of nitrogens with zero attached hydrogens (tertiary/aromatic N) is 18. The van der Waals surface area contributed by atoms with Crippen LogP contribution in [0.4, 0.5) is 47.7 Å². The monoisotopic (exact) mass is 1940 g/mol. The van der Waals surface area contributed by atoms with Crippen LogP contribution in [0.5, 0.6) is 0 Å². The smallest absolute Gasteiger partial charge is 0.355 e. The van der Waals surface area contributed by atoms with E-state index in [1.807, 2.05) is 121 Å². The number of fused-ring (bicyclic) bond motifs is 3. The molecular weight excluding hydrogens is 1850 g/mol. The molecule has 3 fully saturated rings. The number of carbonyl (C=O) groups is 3. The molecule has 12 heterocycles. The lowest BCUT2D eigenvalue weighted by atomic mass is 10.1. The quantitative estimate of drug-likeness (QED) is 0.0408. The lowest BCUT2D eigenvalue weighted by molar-refractivity contribution is -0.129. The summed E-state index contributed by atoms with van der Waals surface area (Å²) in [5.74, 6) is -1.91. The Morgan fingerprint density at radius 3 is 0.977 bits per heavy atom. The predicted molar refractivity (Wildman–Crippen MR) is 521 cm³/mol. The summed E-state index contributed by atoms with van der Waals surface area (Å²) in [5, 5.41) is 1.26. The van der Waals surface area contributed by atoms with Crippen molar-refractivity contribution < 1.29 is 27.6 Å². The number of pyridine rings is 6. The number of rotatable bonds is 18. The maximum absolute atomic E-state index is 15.5. The second kappa shape index (κ2) is 40.0. The van der Waals surface area contributed by atoms with Crippen molar-refractivity contribution in [2.24, 2.45) is 0 Å². The predicted octanol–water partition coefficient (Wildman–Crippen LogP) is 18.2. The first-order chi connectivity index (χ1) is 61.8. The van der Waals surface area contributed by atoms with E-state index in [0.717, 1.165) is 14.7 Å². The molecule has 0 aliphatic carbocycles. The summed E-state index contributed by atoms with van der Waals surface area (Å²) in [6, 6.07) is 18.0. The fourth-order valence-electron chi connectivity index (χ4n) is 16.4. The number of aromatic nitrogens is 12. The Morgan fingerprint density at radius 2 is 0.700 bits per heavy atom. The third-order valence-corrected chi connectivity index (χ3v) is 26.7. The van der Waals surface area contributed by atoms with Crippen molar-refractivity contribution in [3.8, 4) is 50.8 Å². The second-order valence-corrected chi connectivity index (χ2v) is 37.0. The van der Waals surface area contributed by atoms with E-state index in [-0.39, 0.29) is 158 Å². The largest absolute Gasteiger partial charge is 0.398 e. The van der Waals surface area contributed by atoms with Crippen LogP contribution in [-0.2, 0) is 14.4 Å². The van der Waals surface area contributed by atoms with Crippen molar-refractivity contribution in [1.29, 1.82) is 0 Å². The van der Waals surface area contributed by atoms with Crippen LogP contribution < -0.4 is 49.0 Å². The molecule has 3 saturated heterocycles. The topological polar surface area (TPSA) is 331 Å². The minimum absolute atomic E-state index is 0.0328. The lowest BCUT2D eigenvalue weighted by Gasteiger charge is -2.44. The van der Waals surface area contributed by atoms with E-state index in [9.17, 15) is 28.8 Å². The number of benzene rings is 3. The van der Waals surface area contributed by atoms with Gasteiger partial charge in [0.2, 0.25) is 17.7 Å². The van der Waals surface area contributed by atoms with Crippen LogP contribution in [0.1, 0.15) is 104 Å². The molecule has 0 bridgehead atoms. The Morgan fingerprint density at radius 1 is 0.408 bits per heavy atom. The molecule has 0 saturated carbocycles. The van der Waals surface area contributed by atoms with Crippen LogP contribution in [0.3, 0.4) is 0 Å². The van der Waals surface area contributed by atoms with Crippen LogP contribution >= 0.6 is 105 Å². The Hall–Kier alpha value is -11.0. The molecule has 0 radical (unpaired) electrons. The lowest BCUT2D eigenvalue weighted by Crippen LogP contribution is -2.58. The molecule has 3 aliphatic rings. The van der Waals surface area contributed by atoms with Gasteiger partial charge < -0.3 is 46.6 Å². The number of hydrogen-bond acceptors (Lipinski definition) is 24.